The van der Waals surface area contributed by atoms with Gasteiger partial charge < -0.3 is 9.73 Å². The topological polar surface area (TPSA) is 77.9 Å². The maximum absolute atomic E-state index is 15.0. The first-order valence-corrected chi connectivity index (χ1v) is 11.2. The third-order valence-corrected chi connectivity index (χ3v) is 6.35. The zero-order valence-corrected chi connectivity index (χ0v) is 18.9. The highest BCUT2D eigenvalue weighted by atomic mass is 79.9. The number of hydrogen-bond donors (Lipinski definition) is 1. The standard InChI is InChI=1S/C22H19BrF3N5O2/c23-14-3-4-17-18(10-14)31(15-5-7-27-8-6-15)22(32)30(17)11-13-2-1-12(9-16(13)24)20-28-29-21(33-20)19(25)26/h1-4,9-10,15,19,27H,5-8,11H2. The van der Waals surface area contributed by atoms with E-state index in [1.807, 2.05) is 18.2 Å². The van der Waals surface area contributed by atoms with Crippen LogP contribution < -0.4 is 11.0 Å². The molecule has 0 aliphatic carbocycles. The number of nitrogens with zero attached hydrogens (tertiary/aromatic N) is 4. The summed E-state index contributed by atoms with van der Waals surface area (Å²) in [6.07, 6.45) is -1.24. The number of halogens is 4. The number of rotatable bonds is 5. The van der Waals surface area contributed by atoms with Crippen molar-refractivity contribution in [1.82, 2.24) is 24.6 Å². The molecule has 33 heavy (non-hydrogen) atoms. The van der Waals surface area contributed by atoms with Gasteiger partial charge in [0.1, 0.15) is 5.82 Å². The molecule has 172 valence electrons. The average Bonchev–Trinajstić information content (AvgIpc) is 3.39. The van der Waals surface area contributed by atoms with Crippen LogP contribution in [0.4, 0.5) is 13.2 Å². The van der Waals surface area contributed by atoms with E-state index in [-0.39, 0.29) is 35.3 Å². The number of fused-ring (bicyclic) bond motifs is 1. The zero-order chi connectivity index (χ0) is 23.1. The smallest absolute Gasteiger partial charge is 0.329 e. The number of hydrogen-bond acceptors (Lipinski definition) is 5. The van der Waals surface area contributed by atoms with Crippen molar-refractivity contribution in [2.75, 3.05) is 13.1 Å². The van der Waals surface area contributed by atoms with E-state index in [0.717, 1.165) is 42.0 Å². The van der Waals surface area contributed by atoms with E-state index in [0.29, 0.717) is 5.52 Å². The summed E-state index contributed by atoms with van der Waals surface area (Å²) in [5, 5.41) is 10.1. The number of piperidine rings is 1. The van der Waals surface area contributed by atoms with Crippen molar-refractivity contribution < 1.29 is 17.6 Å². The first kappa shape index (κ1) is 21.9. The Hall–Kier alpha value is -2.92. The van der Waals surface area contributed by atoms with E-state index in [1.54, 1.807) is 9.13 Å². The molecule has 1 aliphatic heterocycles. The molecule has 0 unspecified atom stereocenters. The summed E-state index contributed by atoms with van der Waals surface area (Å²) < 4.78 is 49.5. The van der Waals surface area contributed by atoms with E-state index < -0.39 is 18.1 Å². The fraction of sp³-hybridized carbons (Fsp3) is 0.318. The second-order valence-corrected chi connectivity index (χ2v) is 8.82. The predicted molar refractivity (Wildman–Crippen MR) is 119 cm³/mol. The van der Waals surface area contributed by atoms with Crippen LogP contribution in [0.1, 0.15) is 36.8 Å². The van der Waals surface area contributed by atoms with E-state index >= 15 is 0 Å². The van der Waals surface area contributed by atoms with E-state index in [9.17, 15) is 18.0 Å². The van der Waals surface area contributed by atoms with Crippen LogP contribution in [0.25, 0.3) is 22.5 Å². The van der Waals surface area contributed by atoms with Gasteiger partial charge >= 0.3 is 12.1 Å². The quantitative estimate of drug-likeness (QED) is 0.413. The Morgan fingerprint density at radius 3 is 2.61 bits per heavy atom. The van der Waals surface area contributed by atoms with E-state index in [2.05, 4.69) is 31.4 Å². The molecule has 1 aliphatic rings. The number of aromatic nitrogens is 4. The molecule has 1 N–H and O–H groups in total. The molecule has 2 aromatic heterocycles. The molecule has 1 saturated heterocycles. The first-order valence-electron chi connectivity index (χ1n) is 10.4. The Kier molecular flexibility index (Phi) is 5.83. The highest BCUT2D eigenvalue weighted by Crippen LogP contribution is 2.28. The lowest BCUT2D eigenvalue weighted by atomic mass is 10.1. The summed E-state index contributed by atoms with van der Waals surface area (Å²) >= 11 is 3.48. The van der Waals surface area contributed by atoms with E-state index in [4.69, 9.17) is 4.42 Å². The molecule has 5 rings (SSSR count). The Bertz CT molecular complexity index is 1370. The van der Waals surface area contributed by atoms with E-state index in [1.165, 1.54) is 12.1 Å². The minimum Gasteiger partial charge on any atom is -0.415 e. The Balaban J connectivity index is 1.52. The van der Waals surface area contributed by atoms with Crippen molar-refractivity contribution in [3.05, 3.63) is 68.6 Å². The summed E-state index contributed by atoms with van der Waals surface area (Å²) in [5.74, 6) is -1.62. The number of alkyl halides is 2. The minimum atomic E-state index is -2.90. The average molecular weight is 522 g/mol. The fourth-order valence-corrected chi connectivity index (χ4v) is 4.59. The van der Waals surface area contributed by atoms with Crippen LogP contribution >= 0.6 is 15.9 Å². The zero-order valence-electron chi connectivity index (χ0n) is 17.3. The molecule has 11 heteroatoms. The summed E-state index contributed by atoms with van der Waals surface area (Å²) in [6.45, 7) is 1.68. The maximum Gasteiger partial charge on any atom is 0.329 e. The van der Waals surface area contributed by atoms with Crippen LogP contribution in [0, 0.1) is 5.82 Å². The summed E-state index contributed by atoms with van der Waals surface area (Å²) in [6, 6.07) is 9.81. The van der Waals surface area contributed by atoms with Crippen LogP contribution in [0.5, 0.6) is 0 Å². The van der Waals surface area contributed by atoms with Crippen LogP contribution in [0.15, 0.2) is 50.1 Å². The number of benzene rings is 2. The monoisotopic (exact) mass is 521 g/mol. The Morgan fingerprint density at radius 2 is 1.91 bits per heavy atom. The van der Waals surface area contributed by atoms with Crippen molar-refractivity contribution in [2.45, 2.75) is 31.9 Å². The molecule has 2 aromatic carbocycles. The van der Waals surface area contributed by atoms with Crippen molar-refractivity contribution >= 4 is 27.0 Å². The molecular formula is C22H19BrF3N5O2. The normalized spacial score (nSPS) is 15.1. The summed E-state index contributed by atoms with van der Waals surface area (Å²) in [7, 11) is 0. The van der Waals surface area contributed by atoms with Gasteiger partial charge in [0, 0.05) is 21.6 Å². The Labute approximate surface area is 194 Å². The summed E-state index contributed by atoms with van der Waals surface area (Å²) in [4.78, 5) is 13.4. The lowest BCUT2D eigenvalue weighted by molar-refractivity contribution is 0.116. The van der Waals surface area contributed by atoms with Crippen molar-refractivity contribution in [3.63, 3.8) is 0 Å². The summed E-state index contributed by atoms with van der Waals surface area (Å²) in [5.41, 5.74) is 1.77. The number of imidazole rings is 1. The fourth-order valence-electron chi connectivity index (χ4n) is 4.24. The maximum atomic E-state index is 15.0. The molecule has 1 fully saturated rings. The van der Waals surface area contributed by atoms with Gasteiger partial charge in [-0.05, 0) is 56.3 Å². The van der Waals surface area contributed by atoms with Gasteiger partial charge in [0.05, 0.1) is 17.6 Å². The third kappa shape index (κ3) is 4.10. The molecule has 3 heterocycles. The molecule has 0 radical (unpaired) electrons. The van der Waals surface area contributed by atoms with Gasteiger partial charge in [-0.25, -0.2) is 9.18 Å². The van der Waals surface area contributed by atoms with Gasteiger partial charge in [-0.2, -0.15) is 8.78 Å². The van der Waals surface area contributed by atoms with Gasteiger partial charge in [-0.3, -0.25) is 9.13 Å². The van der Waals surface area contributed by atoms with Gasteiger partial charge in [0.15, 0.2) is 0 Å². The predicted octanol–water partition coefficient (Wildman–Crippen LogP) is 4.67. The Morgan fingerprint density at radius 1 is 1.12 bits per heavy atom. The number of nitrogens with one attached hydrogen (secondary N) is 1. The molecule has 0 atom stereocenters. The third-order valence-electron chi connectivity index (χ3n) is 5.85. The molecule has 0 amide bonds. The second kappa shape index (κ2) is 8.79. The molecule has 7 nitrogen and oxygen atoms in total. The van der Waals surface area contributed by atoms with Crippen LogP contribution in [-0.4, -0.2) is 32.4 Å². The van der Waals surface area contributed by atoms with Gasteiger partial charge in [0.2, 0.25) is 5.89 Å². The second-order valence-electron chi connectivity index (χ2n) is 7.91. The van der Waals surface area contributed by atoms with Gasteiger partial charge in [0.25, 0.3) is 5.89 Å². The molecule has 0 bridgehead atoms. The van der Waals surface area contributed by atoms with Crippen LogP contribution in [0.2, 0.25) is 0 Å². The van der Waals surface area contributed by atoms with Crippen molar-refractivity contribution in [2.24, 2.45) is 0 Å². The highest BCUT2D eigenvalue weighted by molar-refractivity contribution is 9.10. The largest absolute Gasteiger partial charge is 0.415 e. The van der Waals surface area contributed by atoms with Gasteiger partial charge in [-0.15, -0.1) is 10.2 Å². The molecule has 4 aromatic rings. The van der Waals surface area contributed by atoms with Crippen LogP contribution in [0.3, 0.4) is 0 Å². The molecular weight excluding hydrogens is 503 g/mol. The SMILES string of the molecule is O=c1n(Cc2ccc(-c3nnc(C(F)F)o3)cc2F)c2ccc(Br)cc2n1C1CCNCC1. The lowest BCUT2D eigenvalue weighted by Crippen LogP contribution is -2.35. The highest BCUT2D eigenvalue weighted by Gasteiger charge is 2.23. The minimum absolute atomic E-state index is 0.0210. The first-order chi connectivity index (χ1) is 15.9. The van der Waals surface area contributed by atoms with Crippen LogP contribution in [-0.2, 0) is 6.54 Å². The molecule has 0 saturated carbocycles. The molecule has 0 spiro atoms. The lowest BCUT2D eigenvalue weighted by Gasteiger charge is -2.23. The van der Waals surface area contributed by atoms with Crippen molar-refractivity contribution in [3.8, 4) is 11.5 Å². The van der Waals surface area contributed by atoms with Crippen molar-refractivity contribution in [1.29, 1.82) is 0 Å². The van der Waals surface area contributed by atoms with Gasteiger partial charge in [-0.1, -0.05) is 22.0 Å².